The van der Waals surface area contributed by atoms with Gasteiger partial charge in [0.05, 0.1) is 24.1 Å². The zero-order valence-corrected chi connectivity index (χ0v) is 10.0. The molecule has 0 aliphatic carbocycles. The molecule has 0 bridgehead atoms. The van der Waals surface area contributed by atoms with Crippen LogP contribution in [0.25, 0.3) is 0 Å². The van der Waals surface area contributed by atoms with Crippen LogP contribution in [0.3, 0.4) is 0 Å². The second-order valence-electron chi connectivity index (χ2n) is 3.50. The molecule has 1 aromatic carbocycles. The molecule has 0 unspecified atom stereocenters. The van der Waals surface area contributed by atoms with Crippen molar-refractivity contribution in [2.24, 2.45) is 0 Å². The van der Waals surface area contributed by atoms with Crippen LogP contribution in [0.5, 0.6) is 0 Å². The van der Waals surface area contributed by atoms with Crippen molar-refractivity contribution >= 4 is 10.0 Å². The van der Waals surface area contributed by atoms with Crippen molar-refractivity contribution in [2.45, 2.75) is 12.2 Å². The lowest BCUT2D eigenvalue weighted by Gasteiger charge is -2.05. The molecule has 92 valence electrons. The Balaban J connectivity index is 2.60. The van der Waals surface area contributed by atoms with Crippen LogP contribution in [0.1, 0.15) is 17.5 Å². The van der Waals surface area contributed by atoms with Crippen molar-refractivity contribution in [1.82, 2.24) is 4.72 Å². The number of rotatable bonds is 6. The van der Waals surface area contributed by atoms with E-state index in [1.165, 1.54) is 0 Å². The second kappa shape index (κ2) is 6.33. The highest BCUT2D eigenvalue weighted by Gasteiger charge is 2.10. The Kier molecular flexibility index (Phi) is 5.07. The van der Waals surface area contributed by atoms with Crippen LogP contribution in [0.15, 0.2) is 24.3 Å². The van der Waals surface area contributed by atoms with Gasteiger partial charge in [0.25, 0.3) is 0 Å². The Hall–Kier alpha value is -1.45. The molecule has 1 aromatic rings. The number of nitrogens with zero attached hydrogens (tertiary/aromatic N) is 1. The SMILES string of the molecule is N#Cc1ccc(CS(=O)(=O)NCCCF)cc1. The minimum atomic E-state index is -3.43. The van der Waals surface area contributed by atoms with Gasteiger partial charge in [0.1, 0.15) is 0 Å². The largest absolute Gasteiger partial charge is 0.251 e. The average molecular weight is 256 g/mol. The topological polar surface area (TPSA) is 70.0 Å². The van der Waals surface area contributed by atoms with E-state index in [0.29, 0.717) is 11.1 Å². The van der Waals surface area contributed by atoms with Gasteiger partial charge in [-0.15, -0.1) is 0 Å². The van der Waals surface area contributed by atoms with Crippen molar-refractivity contribution in [2.75, 3.05) is 13.2 Å². The molecule has 0 aromatic heterocycles. The van der Waals surface area contributed by atoms with Crippen molar-refractivity contribution < 1.29 is 12.8 Å². The number of nitrogens with one attached hydrogen (secondary N) is 1. The first-order chi connectivity index (χ1) is 8.07. The lowest BCUT2D eigenvalue weighted by Crippen LogP contribution is -2.26. The summed E-state index contributed by atoms with van der Waals surface area (Å²) in [4.78, 5) is 0. The summed E-state index contributed by atoms with van der Waals surface area (Å²) < 4.78 is 37.2. The number of nitriles is 1. The molecule has 0 fully saturated rings. The first kappa shape index (κ1) is 13.6. The van der Waals surface area contributed by atoms with E-state index in [1.54, 1.807) is 24.3 Å². The number of hydrogen-bond acceptors (Lipinski definition) is 3. The van der Waals surface area contributed by atoms with Gasteiger partial charge in [0.2, 0.25) is 10.0 Å². The van der Waals surface area contributed by atoms with Crippen LogP contribution in [0.2, 0.25) is 0 Å². The molecular weight excluding hydrogens is 243 g/mol. The van der Waals surface area contributed by atoms with E-state index < -0.39 is 16.7 Å². The quantitative estimate of drug-likeness (QED) is 0.781. The predicted molar refractivity (Wildman–Crippen MR) is 62.4 cm³/mol. The monoisotopic (exact) mass is 256 g/mol. The van der Waals surface area contributed by atoms with E-state index in [4.69, 9.17) is 5.26 Å². The third kappa shape index (κ3) is 4.93. The van der Waals surface area contributed by atoms with E-state index in [-0.39, 0.29) is 18.7 Å². The number of halogens is 1. The molecule has 0 radical (unpaired) electrons. The van der Waals surface area contributed by atoms with Crippen LogP contribution in [-0.4, -0.2) is 21.6 Å². The van der Waals surface area contributed by atoms with Gasteiger partial charge in [-0.25, -0.2) is 13.1 Å². The third-order valence-electron chi connectivity index (χ3n) is 2.07. The fourth-order valence-corrected chi connectivity index (χ4v) is 2.43. The van der Waals surface area contributed by atoms with Gasteiger partial charge < -0.3 is 0 Å². The van der Waals surface area contributed by atoms with Crippen molar-refractivity contribution in [3.8, 4) is 6.07 Å². The minimum absolute atomic E-state index is 0.106. The summed E-state index contributed by atoms with van der Waals surface area (Å²) >= 11 is 0. The summed E-state index contributed by atoms with van der Waals surface area (Å²) in [6.45, 7) is -0.436. The Morgan fingerprint density at radius 1 is 1.29 bits per heavy atom. The molecule has 1 rings (SSSR count). The molecule has 0 atom stereocenters. The van der Waals surface area contributed by atoms with E-state index in [2.05, 4.69) is 4.72 Å². The Labute approximate surface area is 100 Å². The Morgan fingerprint density at radius 3 is 2.47 bits per heavy atom. The molecule has 0 spiro atoms. The molecule has 0 amide bonds. The maximum atomic E-state index is 11.8. The molecule has 4 nitrogen and oxygen atoms in total. The Morgan fingerprint density at radius 2 is 1.94 bits per heavy atom. The molecule has 0 aliphatic heterocycles. The van der Waals surface area contributed by atoms with Crippen molar-refractivity contribution in [1.29, 1.82) is 5.26 Å². The van der Waals surface area contributed by atoms with E-state index in [0.717, 1.165) is 0 Å². The summed E-state index contributed by atoms with van der Waals surface area (Å²) in [5.74, 6) is -0.162. The zero-order valence-electron chi connectivity index (χ0n) is 9.19. The molecular formula is C11H13FN2O2S. The van der Waals surface area contributed by atoms with Crippen LogP contribution < -0.4 is 4.72 Å². The van der Waals surface area contributed by atoms with Crippen LogP contribution in [0.4, 0.5) is 4.39 Å². The third-order valence-corrected chi connectivity index (χ3v) is 3.43. The highest BCUT2D eigenvalue weighted by Crippen LogP contribution is 2.07. The Bertz CT molecular complexity index is 491. The van der Waals surface area contributed by atoms with E-state index in [1.807, 2.05) is 6.07 Å². The van der Waals surface area contributed by atoms with Crippen LogP contribution in [-0.2, 0) is 15.8 Å². The standard InChI is InChI=1S/C11H13FN2O2S/c12-6-1-7-14-17(15,16)9-11-4-2-10(8-13)3-5-11/h2-5,14H,1,6-7,9H2. The fourth-order valence-electron chi connectivity index (χ4n) is 1.24. The van der Waals surface area contributed by atoms with Gasteiger partial charge in [-0.1, -0.05) is 12.1 Å². The number of benzene rings is 1. The highest BCUT2D eigenvalue weighted by molar-refractivity contribution is 7.88. The van der Waals surface area contributed by atoms with E-state index >= 15 is 0 Å². The highest BCUT2D eigenvalue weighted by atomic mass is 32.2. The fraction of sp³-hybridized carbons (Fsp3) is 0.364. The molecule has 0 saturated heterocycles. The minimum Gasteiger partial charge on any atom is -0.251 e. The van der Waals surface area contributed by atoms with Gasteiger partial charge in [-0.3, -0.25) is 4.39 Å². The first-order valence-corrected chi connectivity index (χ1v) is 6.75. The van der Waals surface area contributed by atoms with Crippen molar-refractivity contribution in [3.05, 3.63) is 35.4 Å². The second-order valence-corrected chi connectivity index (χ2v) is 5.31. The summed E-state index contributed by atoms with van der Waals surface area (Å²) in [5.41, 5.74) is 1.08. The maximum Gasteiger partial charge on any atom is 0.215 e. The van der Waals surface area contributed by atoms with Gasteiger partial charge in [-0.2, -0.15) is 5.26 Å². The predicted octanol–water partition coefficient (Wildman–Crippen LogP) is 1.34. The van der Waals surface area contributed by atoms with Gasteiger partial charge in [0.15, 0.2) is 0 Å². The van der Waals surface area contributed by atoms with Gasteiger partial charge in [-0.05, 0) is 24.1 Å². The lowest BCUT2D eigenvalue weighted by molar-refractivity contribution is 0.470. The summed E-state index contributed by atoms with van der Waals surface area (Å²) in [6, 6.07) is 8.26. The number of hydrogen-bond donors (Lipinski definition) is 1. The van der Waals surface area contributed by atoms with Gasteiger partial charge >= 0.3 is 0 Å². The normalized spacial score (nSPS) is 11.1. The smallest absolute Gasteiger partial charge is 0.215 e. The van der Waals surface area contributed by atoms with Crippen molar-refractivity contribution in [3.63, 3.8) is 0 Å². The summed E-state index contributed by atoms with van der Waals surface area (Å²) in [6.07, 6.45) is 0.173. The van der Waals surface area contributed by atoms with Gasteiger partial charge in [0, 0.05) is 6.54 Å². The first-order valence-electron chi connectivity index (χ1n) is 5.10. The number of sulfonamides is 1. The van der Waals surface area contributed by atoms with Crippen LogP contribution in [0, 0.1) is 11.3 Å². The maximum absolute atomic E-state index is 11.8. The molecule has 0 heterocycles. The average Bonchev–Trinajstić information content (AvgIpc) is 2.30. The lowest BCUT2D eigenvalue weighted by atomic mass is 10.2. The number of alkyl halides is 1. The molecule has 6 heteroatoms. The molecule has 17 heavy (non-hydrogen) atoms. The summed E-state index contributed by atoms with van der Waals surface area (Å²) in [5, 5.41) is 8.59. The van der Waals surface area contributed by atoms with Crippen LogP contribution >= 0.6 is 0 Å². The van der Waals surface area contributed by atoms with E-state index in [9.17, 15) is 12.8 Å². The summed E-state index contributed by atoms with van der Waals surface area (Å²) in [7, 11) is -3.43. The molecule has 1 N–H and O–H groups in total. The zero-order chi connectivity index (χ0) is 12.7. The molecule has 0 aliphatic rings. The molecule has 0 saturated carbocycles.